The maximum absolute atomic E-state index is 7.26. The summed E-state index contributed by atoms with van der Waals surface area (Å²) in [5, 5.41) is 7.26. The normalized spacial score (nSPS) is 10.3. The first kappa shape index (κ1) is 12.8. The summed E-state index contributed by atoms with van der Waals surface area (Å²) in [7, 11) is 0. The van der Waals surface area contributed by atoms with E-state index in [1.54, 1.807) is 0 Å². The van der Waals surface area contributed by atoms with E-state index in [4.69, 9.17) is 11.1 Å². The minimum atomic E-state index is 0.240. The Morgan fingerprint density at radius 2 is 1.78 bits per heavy atom. The van der Waals surface area contributed by atoms with E-state index in [0.717, 1.165) is 10.9 Å². The Hall–Kier alpha value is -1.61. The van der Waals surface area contributed by atoms with Crippen molar-refractivity contribution >= 4 is 21.8 Å². The largest absolute Gasteiger partial charge is 0.388 e. The van der Waals surface area contributed by atoms with Crippen LogP contribution in [0, 0.1) is 5.41 Å². The van der Waals surface area contributed by atoms with Gasteiger partial charge in [-0.25, -0.2) is 0 Å². The monoisotopic (exact) mass is 302 g/mol. The summed E-state index contributed by atoms with van der Waals surface area (Å²) in [6.07, 6.45) is 1.43. The molecule has 2 aromatic rings. The average Bonchev–Trinajstić information content (AvgIpc) is 2.37. The summed E-state index contributed by atoms with van der Waals surface area (Å²) >= 11 is 3.44. The second kappa shape index (κ2) is 5.83. The second-order valence-corrected chi connectivity index (χ2v) is 5.15. The van der Waals surface area contributed by atoms with E-state index in [1.807, 2.05) is 18.2 Å². The van der Waals surface area contributed by atoms with Gasteiger partial charge in [0.15, 0.2) is 0 Å². The molecule has 0 aromatic heterocycles. The molecular formula is C15H15BrN2. The Morgan fingerprint density at radius 3 is 2.44 bits per heavy atom. The highest BCUT2D eigenvalue weighted by Gasteiger charge is 2.00. The third-order valence-corrected chi connectivity index (χ3v) is 3.32. The van der Waals surface area contributed by atoms with Crippen LogP contribution in [-0.2, 0) is 6.42 Å². The SMILES string of the molecule is N=C(N)CCc1cccc(-c2ccc(Br)cc2)c1. The van der Waals surface area contributed by atoms with Crippen LogP contribution in [0.2, 0.25) is 0 Å². The van der Waals surface area contributed by atoms with Gasteiger partial charge in [-0.05, 0) is 35.2 Å². The van der Waals surface area contributed by atoms with Gasteiger partial charge in [0.25, 0.3) is 0 Å². The van der Waals surface area contributed by atoms with E-state index >= 15 is 0 Å². The van der Waals surface area contributed by atoms with Crippen LogP contribution in [0.4, 0.5) is 0 Å². The van der Waals surface area contributed by atoms with E-state index in [1.165, 1.54) is 16.7 Å². The minimum Gasteiger partial charge on any atom is -0.388 e. The Labute approximate surface area is 115 Å². The lowest BCUT2D eigenvalue weighted by Crippen LogP contribution is -2.10. The van der Waals surface area contributed by atoms with E-state index in [9.17, 15) is 0 Å². The fraction of sp³-hybridized carbons (Fsp3) is 0.133. The van der Waals surface area contributed by atoms with Gasteiger partial charge in [0.2, 0.25) is 0 Å². The second-order valence-electron chi connectivity index (χ2n) is 4.23. The fourth-order valence-electron chi connectivity index (χ4n) is 1.83. The molecule has 0 radical (unpaired) electrons. The predicted molar refractivity (Wildman–Crippen MR) is 79.8 cm³/mol. The number of rotatable bonds is 4. The molecule has 0 saturated carbocycles. The summed E-state index contributed by atoms with van der Waals surface area (Å²) in [5.74, 6) is 0.240. The molecule has 18 heavy (non-hydrogen) atoms. The summed E-state index contributed by atoms with van der Waals surface area (Å²) in [6.45, 7) is 0. The Morgan fingerprint density at radius 1 is 1.06 bits per heavy atom. The fourth-order valence-corrected chi connectivity index (χ4v) is 2.09. The van der Waals surface area contributed by atoms with Crippen molar-refractivity contribution in [2.45, 2.75) is 12.8 Å². The highest BCUT2D eigenvalue weighted by atomic mass is 79.9. The molecule has 0 aliphatic carbocycles. The number of nitrogens with two attached hydrogens (primary N) is 1. The van der Waals surface area contributed by atoms with Gasteiger partial charge in [-0.15, -0.1) is 0 Å². The molecule has 2 nitrogen and oxygen atoms in total. The number of hydrogen-bond donors (Lipinski definition) is 2. The summed E-state index contributed by atoms with van der Waals surface area (Å²) < 4.78 is 1.08. The molecule has 2 aromatic carbocycles. The minimum absolute atomic E-state index is 0.240. The van der Waals surface area contributed by atoms with Gasteiger partial charge in [0.1, 0.15) is 0 Å². The van der Waals surface area contributed by atoms with Gasteiger partial charge in [-0.2, -0.15) is 0 Å². The van der Waals surface area contributed by atoms with Crippen LogP contribution in [0.15, 0.2) is 53.0 Å². The summed E-state index contributed by atoms with van der Waals surface area (Å²) in [4.78, 5) is 0. The van der Waals surface area contributed by atoms with E-state index in [0.29, 0.717) is 6.42 Å². The maximum Gasteiger partial charge on any atom is 0.0908 e. The lowest BCUT2D eigenvalue weighted by Gasteiger charge is -2.05. The first-order chi connectivity index (χ1) is 8.65. The van der Waals surface area contributed by atoms with Crippen LogP contribution >= 0.6 is 15.9 Å². The molecule has 0 spiro atoms. The molecule has 0 saturated heterocycles. The maximum atomic E-state index is 7.26. The molecule has 0 aliphatic heterocycles. The quantitative estimate of drug-likeness (QED) is 0.651. The molecule has 92 valence electrons. The molecule has 0 fully saturated rings. The number of halogens is 1. The molecule has 3 N–H and O–H groups in total. The number of nitrogens with one attached hydrogen (secondary N) is 1. The molecule has 0 bridgehead atoms. The summed E-state index contributed by atoms with van der Waals surface area (Å²) in [5.41, 5.74) is 8.99. The lowest BCUT2D eigenvalue weighted by atomic mass is 10.0. The van der Waals surface area contributed by atoms with Crippen LogP contribution in [0.3, 0.4) is 0 Å². The van der Waals surface area contributed by atoms with Crippen molar-refractivity contribution in [2.75, 3.05) is 0 Å². The zero-order chi connectivity index (χ0) is 13.0. The number of amidine groups is 1. The molecule has 2 rings (SSSR count). The van der Waals surface area contributed by atoms with Gasteiger partial charge in [-0.3, -0.25) is 5.41 Å². The Kier molecular flexibility index (Phi) is 4.15. The van der Waals surface area contributed by atoms with Crippen molar-refractivity contribution in [1.29, 1.82) is 5.41 Å². The molecule has 3 heteroatoms. The number of aryl methyl sites for hydroxylation is 1. The first-order valence-corrected chi connectivity index (χ1v) is 6.62. The molecule has 0 heterocycles. The molecule has 0 unspecified atom stereocenters. The zero-order valence-electron chi connectivity index (χ0n) is 9.99. The molecular weight excluding hydrogens is 288 g/mol. The van der Waals surface area contributed by atoms with Gasteiger partial charge in [-0.1, -0.05) is 52.3 Å². The van der Waals surface area contributed by atoms with Gasteiger partial charge in [0.05, 0.1) is 5.84 Å². The number of benzene rings is 2. The third kappa shape index (κ3) is 3.44. The molecule has 0 amide bonds. The first-order valence-electron chi connectivity index (χ1n) is 5.83. The number of hydrogen-bond acceptors (Lipinski definition) is 1. The van der Waals surface area contributed by atoms with E-state index in [-0.39, 0.29) is 5.84 Å². The van der Waals surface area contributed by atoms with Crippen LogP contribution in [0.1, 0.15) is 12.0 Å². The lowest BCUT2D eigenvalue weighted by molar-refractivity contribution is 1.02. The highest BCUT2D eigenvalue weighted by Crippen LogP contribution is 2.23. The van der Waals surface area contributed by atoms with Crippen LogP contribution in [-0.4, -0.2) is 5.84 Å². The van der Waals surface area contributed by atoms with Crippen molar-refractivity contribution in [3.63, 3.8) is 0 Å². The van der Waals surface area contributed by atoms with Crippen molar-refractivity contribution in [3.8, 4) is 11.1 Å². The highest BCUT2D eigenvalue weighted by molar-refractivity contribution is 9.10. The van der Waals surface area contributed by atoms with E-state index < -0.39 is 0 Å². The van der Waals surface area contributed by atoms with E-state index in [2.05, 4.69) is 46.3 Å². The zero-order valence-corrected chi connectivity index (χ0v) is 11.6. The van der Waals surface area contributed by atoms with Crippen molar-refractivity contribution in [1.82, 2.24) is 0 Å². The Bertz CT molecular complexity index is 547. The smallest absolute Gasteiger partial charge is 0.0908 e. The third-order valence-electron chi connectivity index (χ3n) is 2.79. The molecule has 0 atom stereocenters. The van der Waals surface area contributed by atoms with Crippen molar-refractivity contribution in [3.05, 3.63) is 58.6 Å². The van der Waals surface area contributed by atoms with Gasteiger partial charge in [0, 0.05) is 10.9 Å². The van der Waals surface area contributed by atoms with Gasteiger partial charge < -0.3 is 5.73 Å². The van der Waals surface area contributed by atoms with Crippen molar-refractivity contribution < 1.29 is 0 Å². The summed E-state index contributed by atoms with van der Waals surface area (Å²) in [6, 6.07) is 16.6. The standard InChI is InChI=1S/C15H15BrN2/c16-14-7-5-12(6-8-14)13-3-1-2-11(10-13)4-9-15(17)18/h1-3,5-8,10H,4,9H2,(H3,17,18). The topological polar surface area (TPSA) is 49.9 Å². The van der Waals surface area contributed by atoms with Crippen molar-refractivity contribution in [2.24, 2.45) is 5.73 Å². The predicted octanol–water partition coefficient (Wildman–Crippen LogP) is 3.98. The van der Waals surface area contributed by atoms with Crippen LogP contribution in [0.25, 0.3) is 11.1 Å². The Balaban J connectivity index is 2.21. The van der Waals surface area contributed by atoms with Crippen LogP contribution in [0.5, 0.6) is 0 Å². The van der Waals surface area contributed by atoms with Crippen LogP contribution < -0.4 is 5.73 Å². The average molecular weight is 303 g/mol. The van der Waals surface area contributed by atoms with Gasteiger partial charge >= 0.3 is 0 Å². The molecule has 0 aliphatic rings.